The first-order chi connectivity index (χ1) is 13.7. The van der Waals surface area contributed by atoms with Crippen molar-refractivity contribution in [3.63, 3.8) is 0 Å². The van der Waals surface area contributed by atoms with Gasteiger partial charge in [0.15, 0.2) is 0 Å². The topological polar surface area (TPSA) is 79.8 Å². The van der Waals surface area contributed by atoms with Gasteiger partial charge in [-0.05, 0) is 68.6 Å². The molecule has 0 aromatic heterocycles. The molecule has 0 radical (unpaired) electrons. The van der Waals surface area contributed by atoms with E-state index in [1.54, 1.807) is 7.11 Å². The molecule has 2 saturated carbocycles. The summed E-state index contributed by atoms with van der Waals surface area (Å²) >= 11 is 0. The van der Waals surface area contributed by atoms with Crippen molar-refractivity contribution in [2.75, 3.05) is 33.5 Å². The van der Waals surface area contributed by atoms with Gasteiger partial charge in [0.1, 0.15) is 0 Å². The Bertz CT molecular complexity index is 559. The second kappa shape index (κ2) is 9.21. The van der Waals surface area contributed by atoms with Gasteiger partial charge in [-0.2, -0.15) is 0 Å². The van der Waals surface area contributed by atoms with E-state index in [0.717, 1.165) is 58.2 Å². The molecule has 1 amide bonds. The van der Waals surface area contributed by atoms with Crippen molar-refractivity contribution in [1.82, 2.24) is 10.6 Å². The average molecular weight is 411 g/mol. The summed E-state index contributed by atoms with van der Waals surface area (Å²) in [5.74, 6) is 0.532. The zero-order valence-electron chi connectivity index (χ0n) is 18.9. The van der Waals surface area contributed by atoms with Crippen LogP contribution in [0.1, 0.15) is 72.1 Å². The molecule has 6 nitrogen and oxygen atoms in total. The Labute approximate surface area is 176 Å². The average Bonchev–Trinajstić information content (AvgIpc) is 2.87. The van der Waals surface area contributed by atoms with Crippen molar-refractivity contribution in [2.45, 2.75) is 89.8 Å². The van der Waals surface area contributed by atoms with Gasteiger partial charge in [0.05, 0.1) is 12.2 Å². The van der Waals surface area contributed by atoms with Crippen LogP contribution in [0.2, 0.25) is 0 Å². The third kappa shape index (κ3) is 5.33. The van der Waals surface area contributed by atoms with Crippen molar-refractivity contribution < 1.29 is 19.4 Å². The number of amides is 1. The van der Waals surface area contributed by atoms with E-state index < -0.39 is 5.60 Å². The van der Waals surface area contributed by atoms with Gasteiger partial charge in [0.2, 0.25) is 5.91 Å². The highest BCUT2D eigenvalue weighted by Gasteiger charge is 2.61. The molecule has 0 aromatic rings. The molecule has 168 valence electrons. The molecular formula is C23H42N2O4. The number of methoxy groups -OCH3 is 1. The first-order valence-electron chi connectivity index (χ1n) is 11.5. The van der Waals surface area contributed by atoms with Crippen LogP contribution in [-0.4, -0.2) is 62.2 Å². The lowest BCUT2D eigenvalue weighted by Gasteiger charge is -2.51. The molecule has 0 aromatic carbocycles. The van der Waals surface area contributed by atoms with Gasteiger partial charge in [0.25, 0.3) is 0 Å². The van der Waals surface area contributed by atoms with Crippen LogP contribution in [0, 0.1) is 16.7 Å². The summed E-state index contributed by atoms with van der Waals surface area (Å²) in [5.41, 5.74) is -0.373. The number of nitrogens with one attached hydrogen (secondary N) is 2. The Morgan fingerprint density at radius 3 is 2.59 bits per heavy atom. The lowest BCUT2D eigenvalue weighted by Crippen LogP contribution is -2.54. The number of ether oxygens (including phenoxy) is 2. The van der Waals surface area contributed by atoms with E-state index in [1.807, 2.05) is 6.92 Å². The summed E-state index contributed by atoms with van der Waals surface area (Å²) in [7, 11) is 1.65. The van der Waals surface area contributed by atoms with E-state index in [9.17, 15) is 9.90 Å². The number of hydrogen-bond acceptors (Lipinski definition) is 5. The van der Waals surface area contributed by atoms with Gasteiger partial charge in [0, 0.05) is 45.4 Å². The Kier molecular flexibility index (Phi) is 7.30. The van der Waals surface area contributed by atoms with Gasteiger partial charge >= 0.3 is 0 Å². The smallest absolute Gasteiger partial charge is 0.220 e. The van der Waals surface area contributed by atoms with Gasteiger partial charge < -0.3 is 25.2 Å². The molecule has 3 fully saturated rings. The third-order valence-corrected chi connectivity index (χ3v) is 7.94. The van der Waals surface area contributed by atoms with E-state index in [2.05, 4.69) is 24.5 Å². The zero-order chi connectivity index (χ0) is 21.1. The summed E-state index contributed by atoms with van der Waals surface area (Å²) in [6.07, 6.45) is 7.30. The van der Waals surface area contributed by atoms with Crippen LogP contribution in [0.4, 0.5) is 0 Å². The number of aliphatic hydroxyl groups is 1. The molecule has 1 saturated heterocycles. The van der Waals surface area contributed by atoms with Gasteiger partial charge in [-0.15, -0.1) is 0 Å². The first kappa shape index (κ1) is 23.0. The minimum Gasteiger partial charge on any atom is -0.390 e. The zero-order valence-corrected chi connectivity index (χ0v) is 18.9. The molecule has 6 heteroatoms. The van der Waals surface area contributed by atoms with E-state index >= 15 is 0 Å². The Morgan fingerprint density at radius 2 is 1.90 bits per heavy atom. The molecule has 0 spiro atoms. The fourth-order valence-electron chi connectivity index (χ4n) is 6.34. The van der Waals surface area contributed by atoms with Gasteiger partial charge in [-0.1, -0.05) is 13.8 Å². The fraction of sp³-hybridized carbons (Fsp3) is 0.957. The van der Waals surface area contributed by atoms with Crippen LogP contribution in [-0.2, 0) is 14.3 Å². The minimum atomic E-state index is -0.597. The largest absolute Gasteiger partial charge is 0.390 e. The number of rotatable bonds is 8. The Morgan fingerprint density at radius 1 is 1.17 bits per heavy atom. The number of fused-ring (bicyclic) bond motifs is 1. The molecule has 1 heterocycles. The van der Waals surface area contributed by atoms with Crippen molar-refractivity contribution in [3.05, 3.63) is 0 Å². The van der Waals surface area contributed by atoms with E-state index in [-0.39, 0.29) is 16.7 Å². The Hall–Kier alpha value is -0.690. The first-order valence-corrected chi connectivity index (χ1v) is 11.5. The predicted molar refractivity (Wildman–Crippen MR) is 114 cm³/mol. The van der Waals surface area contributed by atoms with E-state index in [4.69, 9.17) is 9.47 Å². The van der Waals surface area contributed by atoms with Crippen LogP contribution < -0.4 is 10.6 Å². The van der Waals surface area contributed by atoms with Crippen LogP contribution >= 0.6 is 0 Å². The van der Waals surface area contributed by atoms with Crippen LogP contribution in [0.25, 0.3) is 0 Å². The molecule has 3 rings (SSSR count). The second-order valence-electron chi connectivity index (χ2n) is 10.6. The quantitative estimate of drug-likeness (QED) is 0.536. The van der Waals surface area contributed by atoms with Crippen LogP contribution in [0.15, 0.2) is 0 Å². The molecule has 29 heavy (non-hydrogen) atoms. The molecule has 4 atom stereocenters. The monoisotopic (exact) mass is 410 g/mol. The van der Waals surface area contributed by atoms with Crippen molar-refractivity contribution >= 4 is 5.91 Å². The molecule has 0 bridgehead atoms. The molecule has 0 unspecified atom stereocenters. The normalized spacial score (nSPS) is 37.3. The highest BCUT2D eigenvalue weighted by molar-refractivity contribution is 5.75. The summed E-state index contributed by atoms with van der Waals surface area (Å²) in [6, 6.07) is 0.895. The van der Waals surface area contributed by atoms with Crippen molar-refractivity contribution in [2.24, 2.45) is 16.7 Å². The van der Waals surface area contributed by atoms with E-state index in [1.165, 1.54) is 0 Å². The summed E-state index contributed by atoms with van der Waals surface area (Å²) < 4.78 is 10.6. The van der Waals surface area contributed by atoms with Crippen LogP contribution in [0.3, 0.4) is 0 Å². The van der Waals surface area contributed by atoms with Gasteiger partial charge in [-0.3, -0.25) is 4.79 Å². The highest BCUT2D eigenvalue weighted by atomic mass is 16.5. The van der Waals surface area contributed by atoms with Gasteiger partial charge in [-0.25, -0.2) is 0 Å². The maximum Gasteiger partial charge on any atom is 0.220 e. The standard InChI is InChI=1S/C23H42N2O4/c1-21(2)16-19(25-17-6-12-29-13-7-17)23(8-5-20(26)24-11-14-28-4)10-9-22(3,27)15-18(21)23/h17-19,25,27H,5-16H2,1-4H3,(H,24,26)/t18-,19-,22-,23-/m0/s1. The van der Waals surface area contributed by atoms with Crippen LogP contribution in [0.5, 0.6) is 0 Å². The lowest BCUT2D eigenvalue weighted by atomic mass is 9.57. The molecule has 3 aliphatic rings. The molecule has 1 aliphatic heterocycles. The Balaban J connectivity index is 1.76. The lowest BCUT2D eigenvalue weighted by molar-refractivity contribution is -0.123. The minimum absolute atomic E-state index is 0.0721. The van der Waals surface area contributed by atoms with E-state index in [0.29, 0.717) is 37.6 Å². The summed E-state index contributed by atoms with van der Waals surface area (Å²) in [4.78, 5) is 12.5. The maximum atomic E-state index is 12.5. The number of hydrogen-bond donors (Lipinski definition) is 3. The van der Waals surface area contributed by atoms with Crippen molar-refractivity contribution in [1.29, 1.82) is 0 Å². The third-order valence-electron chi connectivity index (χ3n) is 7.94. The fourth-order valence-corrected chi connectivity index (χ4v) is 6.34. The summed E-state index contributed by atoms with van der Waals surface area (Å²) in [6.45, 7) is 9.49. The molecule has 3 N–H and O–H groups in total. The van der Waals surface area contributed by atoms with Crippen molar-refractivity contribution in [3.8, 4) is 0 Å². The SMILES string of the molecule is COCCNC(=O)CC[C@]12CC[C@](C)(O)C[C@H]1C(C)(C)C[C@@H]2NC1CCOCC1. The highest BCUT2D eigenvalue weighted by Crippen LogP contribution is 2.64. The maximum absolute atomic E-state index is 12.5. The predicted octanol–water partition coefficient (Wildman–Crippen LogP) is 2.63. The number of carbonyl (C=O) groups excluding carboxylic acids is 1. The molecule has 2 aliphatic carbocycles. The summed E-state index contributed by atoms with van der Waals surface area (Å²) in [5, 5.41) is 17.9. The second-order valence-corrected chi connectivity index (χ2v) is 10.6. The molecular weight excluding hydrogens is 368 g/mol. The number of carbonyl (C=O) groups is 1.